The number of anilines is 2. The van der Waals surface area contributed by atoms with E-state index in [1.807, 2.05) is 64.1 Å². The normalized spacial score (nSPS) is 10.5. The fourth-order valence-corrected chi connectivity index (χ4v) is 2.84. The molecule has 0 bridgehead atoms. The molecule has 3 rings (SSSR count). The fraction of sp³-hybridized carbons (Fsp3) is 0.190. The van der Waals surface area contributed by atoms with Gasteiger partial charge in [-0.05, 0) is 51.0 Å². The summed E-state index contributed by atoms with van der Waals surface area (Å²) in [7, 11) is 0. The number of H-pyrrole nitrogens is 1. The highest BCUT2D eigenvalue weighted by atomic mass is 16.2. The van der Waals surface area contributed by atoms with E-state index in [-0.39, 0.29) is 23.2 Å². The zero-order valence-corrected chi connectivity index (χ0v) is 15.8. The summed E-state index contributed by atoms with van der Waals surface area (Å²) in [5.74, 6) is -0.719. The molecule has 138 valence electrons. The molecule has 0 aliphatic rings. The lowest BCUT2D eigenvalue weighted by molar-refractivity contribution is 0.101. The van der Waals surface area contributed by atoms with Crippen molar-refractivity contribution in [2.45, 2.75) is 27.7 Å². The van der Waals surface area contributed by atoms with E-state index in [1.54, 1.807) is 0 Å². The van der Waals surface area contributed by atoms with Gasteiger partial charge in [0.2, 0.25) is 0 Å². The van der Waals surface area contributed by atoms with Gasteiger partial charge in [0.25, 0.3) is 11.8 Å². The number of amides is 2. The van der Waals surface area contributed by atoms with Gasteiger partial charge in [0, 0.05) is 17.4 Å². The maximum absolute atomic E-state index is 12.4. The van der Waals surface area contributed by atoms with Crippen molar-refractivity contribution in [3.63, 3.8) is 0 Å². The third-order valence-electron chi connectivity index (χ3n) is 4.32. The second kappa shape index (κ2) is 7.45. The molecule has 0 saturated heterocycles. The third-order valence-corrected chi connectivity index (χ3v) is 4.32. The Morgan fingerprint density at radius 3 is 1.81 bits per heavy atom. The van der Waals surface area contributed by atoms with Crippen molar-refractivity contribution in [3.05, 3.63) is 76.1 Å². The van der Waals surface area contributed by atoms with E-state index in [0.29, 0.717) is 0 Å². The van der Waals surface area contributed by atoms with Crippen LogP contribution in [0.25, 0.3) is 0 Å². The first-order valence-corrected chi connectivity index (χ1v) is 8.66. The van der Waals surface area contributed by atoms with Gasteiger partial charge in [-0.2, -0.15) is 5.10 Å². The number of carbonyl (C=O) groups excluding carboxylic acids is 2. The van der Waals surface area contributed by atoms with Gasteiger partial charge in [-0.25, -0.2) is 0 Å². The van der Waals surface area contributed by atoms with Crippen molar-refractivity contribution in [2.75, 3.05) is 10.6 Å². The Morgan fingerprint density at radius 1 is 0.778 bits per heavy atom. The number of benzene rings is 2. The Hall–Kier alpha value is -3.41. The molecule has 0 atom stereocenters. The van der Waals surface area contributed by atoms with E-state index < -0.39 is 0 Å². The third kappa shape index (κ3) is 4.23. The fourth-order valence-electron chi connectivity index (χ4n) is 2.84. The molecule has 0 fully saturated rings. The molecule has 2 amide bonds. The largest absolute Gasteiger partial charge is 0.320 e. The Morgan fingerprint density at radius 2 is 1.30 bits per heavy atom. The SMILES string of the molecule is Cc1ccc(NC(=O)c2cc(C(=O)Nc3ccc(C)cc3C)[nH]n2)c(C)c1. The van der Waals surface area contributed by atoms with Crippen LogP contribution in [-0.2, 0) is 0 Å². The van der Waals surface area contributed by atoms with E-state index in [2.05, 4.69) is 20.8 Å². The Balaban J connectivity index is 1.71. The monoisotopic (exact) mass is 362 g/mol. The Kier molecular flexibility index (Phi) is 5.07. The van der Waals surface area contributed by atoms with E-state index in [0.717, 1.165) is 33.6 Å². The molecule has 0 aliphatic heterocycles. The molecular formula is C21H22N4O2. The van der Waals surface area contributed by atoms with Crippen LogP contribution in [0.4, 0.5) is 11.4 Å². The summed E-state index contributed by atoms with van der Waals surface area (Å²) in [5, 5.41) is 12.2. The molecule has 27 heavy (non-hydrogen) atoms. The van der Waals surface area contributed by atoms with Crippen LogP contribution in [0.1, 0.15) is 43.2 Å². The number of aromatic nitrogens is 2. The summed E-state index contributed by atoms with van der Waals surface area (Å²) in [6, 6.07) is 13.0. The number of nitrogens with zero attached hydrogens (tertiary/aromatic N) is 1. The van der Waals surface area contributed by atoms with E-state index in [9.17, 15) is 9.59 Å². The highest BCUT2D eigenvalue weighted by Crippen LogP contribution is 2.18. The molecule has 0 spiro atoms. The van der Waals surface area contributed by atoms with Gasteiger partial charge >= 0.3 is 0 Å². The zero-order valence-electron chi connectivity index (χ0n) is 15.8. The van der Waals surface area contributed by atoms with Crippen LogP contribution in [0.5, 0.6) is 0 Å². The molecule has 1 aromatic heterocycles. The van der Waals surface area contributed by atoms with Gasteiger partial charge < -0.3 is 10.6 Å². The van der Waals surface area contributed by atoms with E-state index in [1.165, 1.54) is 6.07 Å². The molecule has 0 saturated carbocycles. The molecular weight excluding hydrogens is 340 g/mol. The number of hydrogen-bond donors (Lipinski definition) is 3. The smallest absolute Gasteiger partial charge is 0.276 e. The number of carbonyl (C=O) groups is 2. The van der Waals surface area contributed by atoms with Crippen molar-refractivity contribution in [3.8, 4) is 0 Å². The minimum Gasteiger partial charge on any atom is -0.320 e. The van der Waals surface area contributed by atoms with E-state index in [4.69, 9.17) is 0 Å². The second-order valence-electron chi connectivity index (χ2n) is 6.71. The topological polar surface area (TPSA) is 86.9 Å². The lowest BCUT2D eigenvalue weighted by atomic mass is 10.1. The summed E-state index contributed by atoms with van der Waals surface area (Å²) < 4.78 is 0. The standard InChI is InChI=1S/C21H22N4O2/c1-12-5-7-16(14(3)9-12)22-20(26)18-11-19(25-24-18)21(27)23-17-8-6-13(2)10-15(17)4/h5-11H,1-4H3,(H,22,26)(H,23,27)(H,24,25). The molecule has 3 aromatic rings. The summed E-state index contributed by atoms with van der Waals surface area (Å²) in [5.41, 5.74) is 5.99. The van der Waals surface area contributed by atoms with Gasteiger partial charge in [-0.1, -0.05) is 35.4 Å². The van der Waals surface area contributed by atoms with Gasteiger partial charge in [-0.3, -0.25) is 14.7 Å². The lowest BCUT2D eigenvalue weighted by Gasteiger charge is -2.08. The molecule has 3 N–H and O–H groups in total. The van der Waals surface area contributed by atoms with Gasteiger partial charge in [0.15, 0.2) is 5.69 Å². The maximum Gasteiger partial charge on any atom is 0.276 e. The van der Waals surface area contributed by atoms with Crippen LogP contribution >= 0.6 is 0 Å². The number of aryl methyl sites for hydroxylation is 4. The maximum atomic E-state index is 12.4. The average Bonchev–Trinajstić information content (AvgIpc) is 3.10. The predicted molar refractivity (Wildman–Crippen MR) is 106 cm³/mol. The summed E-state index contributed by atoms with van der Waals surface area (Å²) in [6.45, 7) is 7.84. The van der Waals surface area contributed by atoms with Crippen LogP contribution in [-0.4, -0.2) is 22.0 Å². The van der Waals surface area contributed by atoms with Gasteiger partial charge in [0.1, 0.15) is 5.69 Å². The molecule has 2 aromatic carbocycles. The first-order chi connectivity index (χ1) is 12.8. The van der Waals surface area contributed by atoms with Crippen LogP contribution in [0.15, 0.2) is 42.5 Å². The quantitative estimate of drug-likeness (QED) is 0.652. The molecule has 6 heteroatoms. The van der Waals surface area contributed by atoms with E-state index >= 15 is 0 Å². The molecule has 0 unspecified atom stereocenters. The number of hydrogen-bond acceptors (Lipinski definition) is 3. The zero-order chi connectivity index (χ0) is 19.6. The first-order valence-electron chi connectivity index (χ1n) is 8.66. The van der Waals surface area contributed by atoms with Crippen molar-refractivity contribution in [1.82, 2.24) is 10.2 Å². The molecule has 0 radical (unpaired) electrons. The van der Waals surface area contributed by atoms with Crippen molar-refractivity contribution >= 4 is 23.2 Å². The summed E-state index contributed by atoms with van der Waals surface area (Å²) in [4.78, 5) is 24.8. The van der Waals surface area contributed by atoms with Crippen LogP contribution in [0.3, 0.4) is 0 Å². The minimum absolute atomic E-state index is 0.153. The van der Waals surface area contributed by atoms with Crippen LogP contribution in [0.2, 0.25) is 0 Å². The minimum atomic E-state index is -0.372. The summed E-state index contributed by atoms with van der Waals surface area (Å²) >= 11 is 0. The second-order valence-corrected chi connectivity index (χ2v) is 6.71. The summed E-state index contributed by atoms with van der Waals surface area (Å²) in [6.07, 6.45) is 0. The van der Waals surface area contributed by atoms with Crippen LogP contribution in [0, 0.1) is 27.7 Å². The first kappa shape index (κ1) is 18.4. The average molecular weight is 362 g/mol. The van der Waals surface area contributed by atoms with Gasteiger partial charge in [-0.15, -0.1) is 0 Å². The molecule has 6 nitrogen and oxygen atoms in total. The molecule has 0 aliphatic carbocycles. The molecule has 1 heterocycles. The Labute approximate surface area is 158 Å². The van der Waals surface area contributed by atoms with Crippen molar-refractivity contribution in [2.24, 2.45) is 0 Å². The van der Waals surface area contributed by atoms with Gasteiger partial charge in [0.05, 0.1) is 0 Å². The number of aromatic amines is 1. The van der Waals surface area contributed by atoms with Crippen LogP contribution < -0.4 is 10.6 Å². The van der Waals surface area contributed by atoms with Crippen molar-refractivity contribution < 1.29 is 9.59 Å². The predicted octanol–water partition coefficient (Wildman–Crippen LogP) is 4.15. The Bertz CT molecular complexity index is 941. The lowest BCUT2D eigenvalue weighted by Crippen LogP contribution is -2.14. The number of rotatable bonds is 4. The highest BCUT2D eigenvalue weighted by Gasteiger charge is 2.16. The number of nitrogens with one attached hydrogen (secondary N) is 3. The van der Waals surface area contributed by atoms with Crippen molar-refractivity contribution in [1.29, 1.82) is 0 Å². The highest BCUT2D eigenvalue weighted by molar-refractivity contribution is 6.07.